The molecule has 1 atom stereocenters. The van der Waals surface area contributed by atoms with Crippen LogP contribution in [0.25, 0.3) is 0 Å². The molecule has 0 aliphatic carbocycles. The van der Waals surface area contributed by atoms with E-state index in [1.807, 2.05) is 0 Å². The third-order valence-electron chi connectivity index (χ3n) is 3.08. The first-order valence-corrected chi connectivity index (χ1v) is 9.36. The van der Waals surface area contributed by atoms with Crippen LogP contribution < -0.4 is 4.74 Å². The van der Waals surface area contributed by atoms with E-state index < -0.39 is 7.04 Å². The van der Waals surface area contributed by atoms with Crippen LogP contribution in [-0.4, -0.2) is 12.4 Å². The summed E-state index contributed by atoms with van der Waals surface area (Å²) in [6.45, 7) is 0. The van der Waals surface area contributed by atoms with Crippen molar-refractivity contribution in [3.05, 3.63) is 62.6 Å². The largest absolute Gasteiger partial charge is 0.496 e. The minimum Gasteiger partial charge on any atom is -0.496 e. The van der Waals surface area contributed by atoms with Gasteiger partial charge in [-0.05, 0) is 45.1 Å². The number of ether oxygens (including phenoxy) is 1. The molecule has 21 heavy (non-hydrogen) atoms. The predicted molar refractivity (Wildman–Crippen MR) is 100 cm³/mol. The van der Waals surface area contributed by atoms with E-state index in [9.17, 15) is 0 Å². The fourth-order valence-corrected chi connectivity index (χ4v) is 3.31. The third kappa shape index (κ3) is 4.47. The van der Waals surface area contributed by atoms with E-state index in [0.717, 1.165) is 16.5 Å². The van der Waals surface area contributed by atoms with Crippen molar-refractivity contribution in [2.45, 2.75) is 11.2 Å². The second kappa shape index (κ2) is 8.00. The van der Waals surface area contributed by atoms with Gasteiger partial charge in [0.25, 0.3) is 0 Å². The molecular formula is C16H14Br3ClO. The summed E-state index contributed by atoms with van der Waals surface area (Å²) in [4.78, 5) is 0.278. The van der Waals surface area contributed by atoms with Gasteiger partial charge in [-0.2, -0.15) is 0 Å². The summed E-state index contributed by atoms with van der Waals surface area (Å²) in [7, 11) is -2.51. The molecule has 0 spiro atoms. The van der Waals surface area contributed by atoms with Crippen molar-refractivity contribution in [3.63, 3.8) is 0 Å². The maximum absolute atomic E-state index is 7.18. The molecule has 0 radical (unpaired) electrons. The number of alkyl halides is 2. The highest BCUT2D eigenvalue weighted by Gasteiger charge is 2.09. The molecule has 2 aromatic carbocycles. The molecule has 0 fully saturated rings. The minimum absolute atomic E-state index is 0.207. The Morgan fingerprint density at radius 1 is 1.29 bits per heavy atom. The molecular weight excluding hydrogens is 483 g/mol. The molecule has 5 heteroatoms. The van der Waals surface area contributed by atoms with Gasteiger partial charge < -0.3 is 4.74 Å². The second-order valence-electron chi connectivity index (χ2n) is 4.52. The lowest BCUT2D eigenvalue weighted by atomic mass is 10.0. The van der Waals surface area contributed by atoms with Gasteiger partial charge in [0.1, 0.15) is 5.75 Å². The first-order chi connectivity index (χ1) is 11.2. The van der Waals surface area contributed by atoms with Crippen LogP contribution in [0.4, 0.5) is 0 Å². The van der Waals surface area contributed by atoms with Gasteiger partial charge in [0.2, 0.25) is 0 Å². The average molecular weight is 500 g/mol. The van der Waals surface area contributed by atoms with Gasteiger partial charge in [-0.25, -0.2) is 0 Å². The molecule has 2 rings (SSSR count). The Bertz CT molecular complexity index is 705. The first kappa shape index (κ1) is 13.4. The Kier molecular flexibility index (Phi) is 5.11. The van der Waals surface area contributed by atoms with Crippen LogP contribution in [0, 0.1) is 0 Å². The summed E-state index contributed by atoms with van der Waals surface area (Å²) in [6.07, 6.45) is 0.646. The van der Waals surface area contributed by atoms with Gasteiger partial charge in [-0.15, -0.1) is 0 Å². The van der Waals surface area contributed by atoms with Gasteiger partial charge in [-0.1, -0.05) is 67.7 Å². The maximum Gasteiger partial charge on any atom is 0.134 e. The highest BCUT2D eigenvalue weighted by Crippen LogP contribution is 2.32. The molecule has 0 bridgehead atoms. The molecule has 1 unspecified atom stereocenters. The fraction of sp³-hybridized carbons (Fsp3) is 0.250. The zero-order valence-electron chi connectivity index (χ0n) is 13.9. The Hall–Kier alpha value is -0.0300. The number of rotatable bonds is 5. The van der Waals surface area contributed by atoms with Crippen molar-refractivity contribution >= 4 is 59.4 Å². The molecule has 1 nitrogen and oxygen atoms in total. The van der Waals surface area contributed by atoms with E-state index in [1.165, 1.54) is 11.6 Å². The van der Waals surface area contributed by atoms with Crippen LogP contribution in [0.3, 0.4) is 0 Å². The summed E-state index contributed by atoms with van der Waals surface area (Å²) >= 11 is 16.7. The zero-order valence-corrected chi connectivity index (χ0v) is 16.4. The molecule has 0 aliphatic rings. The number of hydrogen-bond acceptors (Lipinski definition) is 1. The van der Waals surface area contributed by atoms with Crippen LogP contribution in [0.1, 0.15) is 25.6 Å². The normalized spacial score (nSPS) is 15.0. The van der Waals surface area contributed by atoms with Crippen molar-refractivity contribution in [3.8, 4) is 5.75 Å². The molecule has 0 aromatic heterocycles. The number of benzene rings is 2. The third-order valence-corrected chi connectivity index (χ3v) is 6.42. The highest BCUT2D eigenvalue weighted by atomic mass is 79.9. The lowest BCUT2D eigenvalue weighted by Crippen LogP contribution is -1.94. The van der Waals surface area contributed by atoms with E-state index in [4.69, 9.17) is 20.5 Å². The molecule has 0 N–H and O–H groups in total. The van der Waals surface area contributed by atoms with E-state index in [-0.39, 0.29) is 10.6 Å². The Balaban J connectivity index is 2.19. The standard InChI is InChI=1S/C16H14Br3ClO/c1-21-16-8-15(20)12(7-13(16)18)6-10-2-4-11(5-3-10)14(19)9-17/h2-5,7-8,14H,6,9H2,1H3/i1D3. The minimum atomic E-state index is -2.51. The van der Waals surface area contributed by atoms with E-state index >= 15 is 0 Å². The van der Waals surface area contributed by atoms with Crippen molar-refractivity contribution in [1.29, 1.82) is 0 Å². The Labute approximate surface area is 159 Å². The molecule has 0 amide bonds. The van der Waals surface area contributed by atoms with Crippen LogP contribution in [0.15, 0.2) is 40.9 Å². The maximum atomic E-state index is 7.18. The molecule has 2 aromatic rings. The lowest BCUT2D eigenvalue weighted by Gasteiger charge is -2.11. The van der Waals surface area contributed by atoms with Crippen molar-refractivity contribution in [2.24, 2.45) is 0 Å². The number of methoxy groups -OCH3 is 1. The summed E-state index contributed by atoms with van der Waals surface area (Å²) in [5.41, 5.74) is 3.21. The van der Waals surface area contributed by atoms with Gasteiger partial charge in [-0.3, -0.25) is 0 Å². The van der Waals surface area contributed by atoms with Crippen molar-refractivity contribution in [2.75, 3.05) is 12.4 Å². The highest BCUT2D eigenvalue weighted by molar-refractivity contribution is 9.12. The quantitative estimate of drug-likeness (QED) is 0.424. The van der Waals surface area contributed by atoms with Crippen molar-refractivity contribution in [1.82, 2.24) is 0 Å². The van der Waals surface area contributed by atoms with E-state index in [1.54, 1.807) is 6.07 Å². The van der Waals surface area contributed by atoms with Crippen LogP contribution in [0.5, 0.6) is 5.75 Å². The molecule has 0 aliphatic heterocycles. The van der Waals surface area contributed by atoms with Gasteiger partial charge in [0, 0.05) is 21.2 Å². The van der Waals surface area contributed by atoms with Crippen LogP contribution >= 0.6 is 59.4 Å². The van der Waals surface area contributed by atoms with Crippen molar-refractivity contribution < 1.29 is 8.85 Å². The lowest BCUT2D eigenvalue weighted by molar-refractivity contribution is 0.412. The summed E-state index contributed by atoms with van der Waals surface area (Å²) < 4.78 is 27.0. The second-order valence-corrected chi connectivity index (χ2v) is 7.53. The first-order valence-electron chi connectivity index (χ1n) is 7.65. The molecule has 0 heterocycles. The fourth-order valence-electron chi connectivity index (χ4n) is 1.94. The molecule has 0 saturated heterocycles. The zero-order chi connectivity index (χ0) is 17.9. The van der Waals surface area contributed by atoms with Gasteiger partial charge in [0.05, 0.1) is 15.6 Å². The molecule has 112 valence electrons. The monoisotopic (exact) mass is 497 g/mol. The number of halogens is 4. The smallest absolute Gasteiger partial charge is 0.134 e. The summed E-state index contributed by atoms with van der Waals surface area (Å²) in [6, 6.07) is 11.6. The topological polar surface area (TPSA) is 9.23 Å². The predicted octanol–water partition coefficient (Wildman–Crippen LogP) is 6.53. The molecule has 0 saturated carbocycles. The Morgan fingerprint density at radius 3 is 2.62 bits per heavy atom. The SMILES string of the molecule is [2H]C([2H])([2H])Oc1cc(Cl)c(Cc2ccc(C(Br)CBr)cc2)cc1Br. The van der Waals surface area contributed by atoms with E-state index in [0.29, 0.717) is 15.9 Å². The van der Waals surface area contributed by atoms with Crippen LogP contribution in [-0.2, 0) is 6.42 Å². The Morgan fingerprint density at radius 2 is 2.00 bits per heavy atom. The van der Waals surface area contributed by atoms with Gasteiger partial charge >= 0.3 is 0 Å². The van der Waals surface area contributed by atoms with Gasteiger partial charge in [0.15, 0.2) is 0 Å². The number of hydrogen-bond donors (Lipinski definition) is 0. The summed E-state index contributed by atoms with van der Waals surface area (Å²) in [5.74, 6) is 0.207. The van der Waals surface area contributed by atoms with Crippen LogP contribution in [0.2, 0.25) is 5.02 Å². The summed E-state index contributed by atoms with van der Waals surface area (Å²) in [5, 5.41) is 1.32. The van der Waals surface area contributed by atoms with E-state index in [2.05, 4.69) is 72.1 Å². The average Bonchev–Trinajstić information content (AvgIpc) is 2.51.